The first-order chi connectivity index (χ1) is 14.0. The van der Waals surface area contributed by atoms with E-state index in [1.165, 1.54) is 30.9 Å². The number of halogens is 2. The largest absolute Gasteiger partial charge is 0.469 e. The Labute approximate surface area is 170 Å². The highest BCUT2D eigenvalue weighted by atomic mass is 19.1. The highest BCUT2D eigenvalue weighted by Gasteiger charge is 2.32. The van der Waals surface area contributed by atoms with Crippen molar-refractivity contribution in [1.82, 2.24) is 4.90 Å². The summed E-state index contributed by atoms with van der Waals surface area (Å²) in [5.74, 6) is -1.09. The number of piperidine rings is 1. The summed E-state index contributed by atoms with van der Waals surface area (Å²) < 4.78 is 32.7. The summed E-state index contributed by atoms with van der Waals surface area (Å²) in [6, 6.07) is 12.4. The zero-order valence-electron chi connectivity index (χ0n) is 16.6. The Kier molecular flexibility index (Phi) is 5.81. The van der Waals surface area contributed by atoms with Crippen molar-refractivity contribution >= 4 is 11.7 Å². The minimum atomic E-state index is -0.457. The van der Waals surface area contributed by atoms with Crippen molar-refractivity contribution in [2.24, 2.45) is 5.92 Å². The van der Waals surface area contributed by atoms with Crippen molar-refractivity contribution in [1.29, 1.82) is 0 Å². The van der Waals surface area contributed by atoms with Gasteiger partial charge in [-0.3, -0.25) is 9.69 Å². The Morgan fingerprint density at radius 1 is 1.03 bits per heavy atom. The molecule has 2 aromatic rings. The number of ether oxygens (including phenoxy) is 1. The quantitative estimate of drug-likeness (QED) is 0.712. The van der Waals surface area contributed by atoms with Crippen LogP contribution >= 0.6 is 0 Å². The Morgan fingerprint density at radius 3 is 2.24 bits per heavy atom. The molecule has 4 rings (SSSR count). The Hall–Kier alpha value is -2.47. The molecule has 0 radical (unpaired) electrons. The van der Waals surface area contributed by atoms with Crippen LogP contribution in [0, 0.1) is 17.6 Å². The maximum atomic E-state index is 13.9. The van der Waals surface area contributed by atoms with Gasteiger partial charge in [-0.25, -0.2) is 8.78 Å². The molecular formula is C23H26F2N2O2. The zero-order valence-corrected chi connectivity index (χ0v) is 16.6. The summed E-state index contributed by atoms with van der Waals surface area (Å²) in [5.41, 5.74) is 2.50. The van der Waals surface area contributed by atoms with Crippen LogP contribution < -0.4 is 4.90 Å². The molecular weight excluding hydrogens is 374 g/mol. The highest BCUT2D eigenvalue weighted by Crippen LogP contribution is 2.34. The molecule has 0 amide bonds. The van der Waals surface area contributed by atoms with Crippen LogP contribution in [0.15, 0.2) is 42.5 Å². The molecule has 2 aliphatic rings. The van der Waals surface area contributed by atoms with Crippen LogP contribution in [-0.4, -0.2) is 44.2 Å². The molecule has 6 heteroatoms. The van der Waals surface area contributed by atoms with Gasteiger partial charge in [0, 0.05) is 36.8 Å². The number of anilines is 1. The molecule has 0 aromatic heterocycles. The molecule has 2 saturated heterocycles. The number of hydrogen-bond donors (Lipinski definition) is 0. The van der Waals surface area contributed by atoms with Gasteiger partial charge in [-0.2, -0.15) is 0 Å². The molecule has 2 aliphatic heterocycles. The number of likely N-dealkylation sites (tertiary alicyclic amines) is 1. The molecule has 4 nitrogen and oxygen atoms in total. The van der Waals surface area contributed by atoms with E-state index in [0.29, 0.717) is 13.1 Å². The summed E-state index contributed by atoms with van der Waals surface area (Å²) in [6.07, 6.45) is 1.68. The smallest absolute Gasteiger partial charge is 0.308 e. The molecule has 0 atom stereocenters. The fourth-order valence-corrected chi connectivity index (χ4v) is 4.34. The molecule has 2 aromatic carbocycles. The van der Waals surface area contributed by atoms with Gasteiger partial charge in [0.1, 0.15) is 11.6 Å². The molecule has 0 bridgehead atoms. The number of nitrogens with zero attached hydrogens (tertiary/aromatic N) is 2. The number of esters is 1. The predicted molar refractivity (Wildman–Crippen MR) is 108 cm³/mol. The van der Waals surface area contributed by atoms with Crippen molar-refractivity contribution < 1.29 is 18.3 Å². The lowest BCUT2D eigenvalue weighted by molar-refractivity contribution is -0.147. The second-order valence-corrected chi connectivity index (χ2v) is 7.98. The lowest BCUT2D eigenvalue weighted by atomic mass is 9.90. The van der Waals surface area contributed by atoms with Gasteiger partial charge in [0.25, 0.3) is 0 Å². The van der Waals surface area contributed by atoms with Crippen molar-refractivity contribution in [3.05, 3.63) is 65.2 Å². The average molecular weight is 400 g/mol. The van der Waals surface area contributed by atoms with Gasteiger partial charge in [-0.05, 0) is 55.8 Å². The van der Waals surface area contributed by atoms with Crippen molar-refractivity contribution in [3.8, 4) is 0 Å². The lowest BCUT2D eigenvalue weighted by Crippen LogP contribution is -2.45. The number of rotatable bonds is 5. The first-order valence-electron chi connectivity index (χ1n) is 10.1. The van der Waals surface area contributed by atoms with Crippen LogP contribution in [0.25, 0.3) is 0 Å². The molecule has 0 unspecified atom stereocenters. The zero-order chi connectivity index (χ0) is 20.4. The molecule has 0 spiro atoms. The molecule has 0 N–H and O–H groups in total. The Morgan fingerprint density at radius 2 is 1.66 bits per heavy atom. The van der Waals surface area contributed by atoms with E-state index >= 15 is 0 Å². The fraction of sp³-hybridized carbons (Fsp3) is 0.435. The van der Waals surface area contributed by atoms with Gasteiger partial charge < -0.3 is 9.64 Å². The first kappa shape index (κ1) is 19.8. The van der Waals surface area contributed by atoms with Crippen LogP contribution in [0.1, 0.15) is 29.9 Å². The van der Waals surface area contributed by atoms with Gasteiger partial charge in [0.15, 0.2) is 0 Å². The van der Waals surface area contributed by atoms with Gasteiger partial charge in [0.2, 0.25) is 0 Å². The van der Waals surface area contributed by atoms with Crippen LogP contribution in [0.5, 0.6) is 0 Å². The summed E-state index contributed by atoms with van der Waals surface area (Å²) in [5, 5.41) is 0. The Bertz CT molecular complexity index is 837. The molecule has 29 heavy (non-hydrogen) atoms. The lowest BCUT2D eigenvalue weighted by Gasteiger charge is -2.41. The third kappa shape index (κ3) is 4.27. The second-order valence-electron chi connectivity index (χ2n) is 7.98. The van der Waals surface area contributed by atoms with Gasteiger partial charge in [-0.15, -0.1) is 0 Å². The SMILES string of the molecule is COC(=O)C1CCN(Cc2ccc(N3CC(c4c(F)cccc4F)C3)cc2)CC1. The summed E-state index contributed by atoms with van der Waals surface area (Å²) >= 11 is 0. The van der Waals surface area contributed by atoms with Gasteiger partial charge in [0.05, 0.1) is 13.0 Å². The second kappa shape index (κ2) is 8.49. The maximum absolute atomic E-state index is 13.9. The number of hydrogen-bond acceptors (Lipinski definition) is 4. The maximum Gasteiger partial charge on any atom is 0.308 e. The topological polar surface area (TPSA) is 32.8 Å². The van der Waals surface area contributed by atoms with E-state index in [0.717, 1.165) is 38.2 Å². The summed E-state index contributed by atoms with van der Waals surface area (Å²) in [4.78, 5) is 16.1. The monoisotopic (exact) mass is 400 g/mol. The fourth-order valence-electron chi connectivity index (χ4n) is 4.34. The van der Waals surface area contributed by atoms with E-state index < -0.39 is 11.6 Å². The van der Waals surface area contributed by atoms with E-state index in [4.69, 9.17) is 4.74 Å². The molecule has 0 aliphatic carbocycles. The third-order valence-electron chi connectivity index (χ3n) is 6.12. The number of benzene rings is 2. The summed E-state index contributed by atoms with van der Waals surface area (Å²) in [7, 11) is 1.45. The Balaban J connectivity index is 1.29. The van der Waals surface area contributed by atoms with Crippen molar-refractivity contribution in [2.45, 2.75) is 25.3 Å². The number of carbonyl (C=O) groups excluding carboxylic acids is 1. The first-order valence-corrected chi connectivity index (χ1v) is 10.1. The highest BCUT2D eigenvalue weighted by molar-refractivity contribution is 5.72. The van der Waals surface area contributed by atoms with E-state index in [-0.39, 0.29) is 23.4 Å². The third-order valence-corrected chi connectivity index (χ3v) is 6.12. The van der Waals surface area contributed by atoms with Crippen molar-refractivity contribution in [3.63, 3.8) is 0 Å². The van der Waals surface area contributed by atoms with E-state index in [2.05, 4.69) is 34.1 Å². The van der Waals surface area contributed by atoms with E-state index in [1.807, 2.05) is 0 Å². The van der Waals surface area contributed by atoms with Crippen LogP contribution in [0.4, 0.5) is 14.5 Å². The average Bonchev–Trinajstić information content (AvgIpc) is 2.70. The molecule has 2 fully saturated rings. The normalized spacial score (nSPS) is 18.5. The predicted octanol–water partition coefficient (Wildman–Crippen LogP) is 3.95. The van der Waals surface area contributed by atoms with Crippen LogP contribution in [-0.2, 0) is 16.1 Å². The van der Waals surface area contributed by atoms with Crippen LogP contribution in [0.2, 0.25) is 0 Å². The molecule has 154 valence electrons. The minimum Gasteiger partial charge on any atom is -0.469 e. The van der Waals surface area contributed by atoms with Gasteiger partial charge in [-0.1, -0.05) is 18.2 Å². The van der Waals surface area contributed by atoms with Crippen molar-refractivity contribution in [2.75, 3.05) is 38.2 Å². The van der Waals surface area contributed by atoms with Crippen LogP contribution in [0.3, 0.4) is 0 Å². The van der Waals surface area contributed by atoms with Gasteiger partial charge >= 0.3 is 5.97 Å². The standard InChI is InChI=1S/C23H26F2N2O2/c1-29-23(28)17-9-11-26(12-10-17)13-16-5-7-19(8-6-16)27-14-18(15-27)22-20(24)3-2-4-21(22)25/h2-8,17-18H,9-15H2,1H3. The minimum absolute atomic E-state index is 0.0253. The van der Waals surface area contributed by atoms with E-state index in [1.54, 1.807) is 0 Å². The number of methoxy groups -OCH3 is 1. The molecule has 2 heterocycles. The number of carbonyl (C=O) groups is 1. The van der Waals surface area contributed by atoms with E-state index in [9.17, 15) is 13.6 Å². The molecule has 0 saturated carbocycles. The summed E-state index contributed by atoms with van der Waals surface area (Å²) in [6.45, 7) is 3.89.